The molecule has 1 aliphatic heterocycles. The van der Waals surface area contributed by atoms with E-state index in [4.69, 9.17) is 9.94 Å². The van der Waals surface area contributed by atoms with Crippen LogP contribution < -0.4 is 0 Å². The molecule has 0 bridgehead atoms. The molecule has 0 unspecified atom stereocenters. The van der Waals surface area contributed by atoms with Crippen LogP contribution in [0.4, 0.5) is 0 Å². The Balaban J connectivity index is 2.84. The first-order chi connectivity index (χ1) is 7.67. The smallest absolute Gasteiger partial charge is 0.334 e. The van der Waals surface area contributed by atoms with Crippen molar-refractivity contribution >= 4 is 5.97 Å². The van der Waals surface area contributed by atoms with E-state index in [1.165, 1.54) is 19.6 Å². The molecular weight excluding hydrogens is 218 g/mol. The maximum atomic E-state index is 10.7. The van der Waals surface area contributed by atoms with Crippen LogP contribution in [0, 0.1) is 0 Å². The SMILES string of the molecule is CC(=CON1C(C)(C)CCCC1(C)C)C(=O)O. The number of aliphatic carboxylic acids is 1. The van der Waals surface area contributed by atoms with Gasteiger partial charge in [0.05, 0.1) is 16.7 Å². The number of carbonyl (C=O) groups is 1. The van der Waals surface area contributed by atoms with Crippen LogP contribution in [0.2, 0.25) is 0 Å². The molecule has 0 aliphatic carbocycles. The average molecular weight is 241 g/mol. The highest BCUT2D eigenvalue weighted by atomic mass is 16.7. The van der Waals surface area contributed by atoms with Gasteiger partial charge in [0.25, 0.3) is 0 Å². The second-order valence-electron chi connectivity index (χ2n) is 5.98. The summed E-state index contributed by atoms with van der Waals surface area (Å²) in [6.07, 6.45) is 4.60. The zero-order valence-corrected chi connectivity index (χ0v) is 11.4. The number of hydrogen-bond donors (Lipinski definition) is 1. The van der Waals surface area contributed by atoms with Gasteiger partial charge in [0, 0.05) is 0 Å². The molecule has 98 valence electrons. The normalized spacial score (nSPS) is 24.4. The molecule has 4 nitrogen and oxygen atoms in total. The van der Waals surface area contributed by atoms with Gasteiger partial charge in [0.1, 0.15) is 6.26 Å². The number of nitrogens with zero attached hydrogens (tertiary/aromatic N) is 1. The first-order valence-corrected chi connectivity index (χ1v) is 6.04. The van der Waals surface area contributed by atoms with E-state index in [1.54, 1.807) is 0 Å². The highest BCUT2D eigenvalue weighted by Crippen LogP contribution is 2.38. The molecule has 17 heavy (non-hydrogen) atoms. The molecule has 0 radical (unpaired) electrons. The van der Waals surface area contributed by atoms with E-state index < -0.39 is 5.97 Å². The predicted octanol–water partition coefficient (Wildman–Crippen LogP) is 2.95. The van der Waals surface area contributed by atoms with Crippen molar-refractivity contribution in [2.45, 2.75) is 65.0 Å². The minimum atomic E-state index is -0.947. The monoisotopic (exact) mass is 241 g/mol. The zero-order chi connectivity index (χ0) is 13.3. The van der Waals surface area contributed by atoms with Gasteiger partial charge in [0.15, 0.2) is 0 Å². The lowest BCUT2D eigenvalue weighted by molar-refractivity contribution is -0.246. The average Bonchev–Trinajstić information content (AvgIpc) is 2.14. The molecule has 0 atom stereocenters. The van der Waals surface area contributed by atoms with Gasteiger partial charge in [0.2, 0.25) is 0 Å². The van der Waals surface area contributed by atoms with Crippen molar-refractivity contribution in [2.24, 2.45) is 0 Å². The van der Waals surface area contributed by atoms with Crippen LogP contribution in [0.1, 0.15) is 53.9 Å². The Morgan fingerprint density at radius 3 is 2.12 bits per heavy atom. The molecule has 1 fully saturated rings. The van der Waals surface area contributed by atoms with E-state index in [-0.39, 0.29) is 16.7 Å². The third-order valence-electron chi connectivity index (χ3n) is 3.35. The number of piperidine rings is 1. The number of carboxylic acid groups (broad SMARTS) is 1. The maximum absolute atomic E-state index is 10.7. The summed E-state index contributed by atoms with van der Waals surface area (Å²) in [6.45, 7) is 10.0. The minimum absolute atomic E-state index is 0.0724. The lowest BCUT2D eigenvalue weighted by atomic mass is 9.82. The molecule has 0 aromatic rings. The van der Waals surface area contributed by atoms with Crippen molar-refractivity contribution in [3.63, 3.8) is 0 Å². The fourth-order valence-corrected chi connectivity index (χ4v) is 2.44. The van der Waals surface area contributed by atoms with Gasteiger partial charge >= 0.3 is 5.97 Å². The topological polar surface area (TPSA) is 49.8 Å². The predicted molar refractivity (Wildman–Crippen MR) is 66.3 cm³/mol. The summed E-state index contributed by atoms with van der Waals surface area (Å²) in [6, 6.07) is 0. The fraction of sp³-hybridized carbons (Fsp3) is 0.769. The fourth-order valence-electron chi connectivity index (χ4n) is 2.44. The molecule has 1 saturated heterocycles. The van der Waals surface area contributed by atoms with Crippen LogP contribution in [0.5, 0.6) is 0 Å². The number of hydrogen-bond acceptors (Lipinski definition) is 3. The molecule has 0 aromatic carbocycles. The van der Waals surface area contributed by atoms with E-state index in [1.807, 2.05) is 5.06 Å². The van der Waals surface area contributed by atoms with Crippen molar-refractivity contribution in [1.82, 2.24) is 5.06 Å². The summed E-state index contributed by atoms with van der Waals surface area (Å²) in [5, 5.41) is 10.7. The van der Waals surface area contributed by atoms with Crippen molar-refractivity contribution in [3.05, 3.63) is 11.8 Å². The Kier molecular flexibility index (Phi) is 3.87. The van der Waals surface area contributed by atoms with Gasteiger partial charge in [-0.25, -0.2) is 4.79 Å². The van der Waals surface area contributed by atoms with E-state index in [0.717, 1.165) is 12.8 Å². The van der Waals surface area contributed by atoms with Gasteiger partial charge < -0.3 is 9.94 Å². The van der Waals surface area contributed by atoms with E-state index in [0.29, 0.717) is 0 Å². The largest absolute Gasteiger partial charge is 0.478 e. The van der Waals surface area contributed by atoms with Crippen LogP contribution in [0.3, 0.4) is 0 Å². The third-order valence-corrected chi connectivity index (χ3v) is 3.35. The summed E-state index contributed by atoms with van der Waals surface area (Å²) in [7, 11) is 0. The van der Waals surface area contributed by atoms with Crippen LogP contribution >= 0.6 is 0 Å². The van der Waals surface area contributed by atoms with Gasteiger partial charge in [-0.3, -0.25) is 0 Å². The first-order valence-electron chi connectivity index (χ1n) is 6.04. The molecular formula is C13H23NO3. The quantitative estimate of drug-likeness (QED) is 0.609. The van der Waals surface area contributed by atoms with Crippen LogP contribution in [-0.2, 0) is 9.63 Å². The molecule has 1 N–H and O–H groups in total. The summed E-state index contributed by atoms with van der Waals surface area (Å²) in [5.41, 5.74) is 0.0656. The van der Waals surface area contributed by atoms with Crippen molar-refractivity contribution in [1.29, 1.82) is 0 Å². The highest BCUT2D eigenvalue weighted by molar-refractivity contribution is 5.85. The first kappa shape index (κ1) is 14.0. The lowest BCUT2D eigenvalue weighted by Gasteiger charge is -2.50. The number of hydroxylamine groups is 2. The zero-order valence-electron chi connectivity index (χ0n) is 11.4. The number of rotatable bonds is 3. The highest BCUT2D eigenvalue weighted by Gasteiger charge is 2.43. The van der Waals surface area contributed by atoms with Crippen molar-refractivity contribution < 1.29 is 14.7 Å². The maximum Gasteiger partial charge on any atom is 0.334 e. The second kappa shape index (κ2) is 4.69. The van der Waals surface area contributed by atoms with Crippen LogP contribution in [-0.4, -0.2) is 27.2 Å². The molecule has 1 heterocycles. The van der Waals surface area contributed by atoms with Crippen molar-refractivity contribution in [2.75, 3.05) is 0 Å². The summed E-state index contributed by atoms with van der Waals surface area (Å²) < 4.78 is 0. The second-order valence-corrected chi connectivity index (χ2v) is 5.98. The van der Waals surface area contributed by atoms with Crippen molar-refractivity contribution in [3.8, 4) is 0 Å². The van der Waals surface area contributed by atoms with Gasteiger partial charge in [-0.15, -0.1) is 5.06 Å². The number of carboxylic acids is 1. The molecule has 0 amide bonds. The molecule has 1 rings (SSSR count). The molecule has 0 aromatic heterocycles. The van der Waals surface area contributed by atoms with E-state index >= 15 is 0 Å². The van der Waals surface area contributed by atoms with E-state index in [9.17, 15) is 4.79 Å². The molecule has 4 heteroatoms. The standard InChI is InChI=1S/C13H23NO3/c1-10(11(15)16)9-17-14-12(2,3)7-6-8-13(14,4)5/h9H,6-8H2,1-5H3,(H,15,16). The Hall–Kier alpha value is -1.03. The molecule has 0 saturated carbocycles. The van der Waals surface area contributed by atoms with Gasteiger partial charge in [-0.2, -0.15) is 0 Å². The molecule has 1 aliphatic rings. The Bertz CT molecular complexity index is 316. The summed E-state index contributed by atoms with van der Waals surface area (Å²) >= 11 is 0. The Morgan fingerprint density at radius 1 is 1.24 bits per heavy atom. The lowest BCUT2D eigenvalue weighted by Crippen LogP contribution is -2.57. The van der Waals surface area contributed by atoms with Gasteiger partial charge in [-0.05, 0) is 53.9 Å². The van der Waals surface area contributed by atoms with Gasteiger partial charge in [-0.1, -0.05) is 0 Å². The third kappa shape index (κ3) is 3.22. The van der Waals surface area contributed by atoms with Crippen LogP contribution in [0.15, 0.2) is 11.8 Å². The Morgan fingerprint density at radius 2 is 1.71 bits per heavy atom. The van der Waals surface area contributed by atoms with E-state index in [2.05, 4.69) is 27.7 Å². The summed E-state index contributed by atoms with van der Waals surface area (Å²) in [4.78, 5) is 16.4. The summed E-state index contributed by atoms with van der Waals surface area (Å²) in [5.74, 6) is -0.947. The molecule has 0 spiro atoms. The Labute approximate surface area is 103 Å². The van der Waals surface area contributed by atoms with Crippen LogP contribution in [0.25, 0.3) is 0 Å². The minimum Gasteiger partial charge on any atom is -0.478 e.